The summed E-state index contributed by atoms with van der Waals surface area (Å²) in [6, 6.07) is 5.62. The summed E-state index contributed by atoms with van der Waals surface area (Å²) in [7, 11) is -3.75. The Hall–Kier alpha value is -2.75. The average Bonchev–Trinajstić information content (AvgIpc) is 2.93. The third-order valence-electron chi connectivity index (χ3n) is 2.86. The molecule has 120 valence electrons. The van der Waals surface area contributed by atoms with E-state index in [-0.39, 0.29) is 17.5 Å². The van der Waals surface area contributed by atoms with Crippen molar-refractivity contribution < 1.29 is 17.0 Å². The third-order valence-corrected chi connectivity index (χ3v) is 3.32. The van der Waals surface area contributed by atoms with Gasteiger partial charge in [-0.05, 0) is 17.7 Å². The molecular weight excluding hydrogens is 325 g/mol. The molecule has 0 fully saturated rings. The number of benzene rings is 1. The molecule has 0 radical (unpaired) electrons. The maximum Gasteiger partial charge on any atom is 0.337 e. The molecule has 0 aliphatic rings. The van der Waals surface area contributed by atoms with Gasteiger partial charge in [-0.3, -0.25) is 0 Å². The maximum atomic E-state index is 12.9. The molecular formula is C13H12FN5O3S. The molecule has 1 aromatic carbocycles. The fourth-order valence-electron chi connectivity index (χ4n) is 1.90. The van der Waals surface area contributed by atoms with Gasteiger partial charge in [-0.25, -0.2) is 9.37 Å². The van der Waals surface area contributed by atoms with Crippen molar-refractivity contribution in [3.63, 3.8) is 0 Å². The minimum atomic E-state index is -3.75. The number of imidazole rings is 1. The third kappa shape index (κ3) is 3.72. The Bertz CT molecular complexity index is 940. The Morgan fingerprint density at radius 3 is 2.70 bits per heavy atom. The van der Waals surface area contributed by atoms with Gasteiger partial charge < -0.3 is 14.5 Å². The lowest BCUT2D eigenvalue weighted by Crippen LogP contribution is -2.10. The van der Waals surface area contributed by atoms with Gasteiger partial charge in [0, 0.05) is 6.54 Å². The van der Waals surface area contributed by atoms with Gasteiger partial charge in [0.2, 0.25) is 0 Å². The smallest absolute Gasteiger partial charge is 0.337 e. The van der Waals surface area contributed by atoms with Gasteiger partial charge in [0.25, 0.3) is 0 Å². The molecule has 0 spiro atoms. The highest BCUT2D eigenvalue weighted by atomic mass is 32.2. The molecule has 0 bridgehead atoms. The molecule has 0 saturated carbocycles. The molecule has 2 heterocycles. The van der Waals surface area contributed by atoms with Crippen LogP contribution in [-0.2, 0) is 16.7 Å². The predicted molar refractivity (Wildman–Crippen MR) is 80.9 cm³/mol. The summed E-state index contributed by atoms with van der Waals surface area (Å²) in [6.45, 7) is 0.351. The number of aromatic nitrogens is 4. The first-order valence-electron chi connectivity index (χ1n) is 6.49. The summed E-state index contributed by atoms with van der Waals surface area (Å²) in [6.07, 6.45) is 2.31. The van der Waals surface area contributed by atoms with Crippen molar-refractivity contribution in [2.75, 3.05) is 11.6 Å². The summed E-state index contributed by atoms with van der Waals surface area (Å²) in [5.74, 6) is 0.00561. The first kappa shape index (κ1) is 15.2. The van der Waals surface area contributed by atoms with Crippen LogP contribution in [0.1, 0.15) is 5.56 Å². The molecule has 2 N–H and O–H groups in total. The number of anilines is 1. The lowest BCUT2D eigenvalue weighted by molar-refractivity contribution is 0.472. The van der Waals surface area contributed by atoms with Crippen LogP contribution < -0.4 is 9.50 Å². The number of hydrogen-bond donors (Lipinski definition) is 2. The van der Waals surface area contributed by atoms with Crippen LogP contribution in [0.4, 0.5) is 10.2 Å². The van der Waals surface area contributed by atoms with Gasteiger partial charge in [0.1, 0.15) is 11.3 Å². The van der Waals surface area contributed by atoms with E-state index < -0.39 is 10.1 Å². The van der Waals surface area contributed by atoms with E-state index in [4.69, 9.17) is 4.18 Å². The van der Waals surface area contributed by atoms with Crippen LogP contribution in [-0.4, -0.2) is 34.6 Å². The summed E-state index contributed by atoms with van der Waals surface area (Å²) in [5, 5.41) is 3.02. The van der Waals surface area contributed by atoms with E-state index in [0.29, 0.717) is 17.9 Å². The number of halogens is 1. The van der Waals surface area contributed by atoms with Crippen LogP contribution in [0, 0.1) is 5.82 Å². The molecule has 2 aromatic heterocycles. The van der Waals surface area contributed by atoms with Crippen LogP contribution >= 0.6 is 0 Å². The first-order valence-corrected chi connectivity index (χ1v) is 8.31. The van der Waals surface area contributed by atoms with Crippen LogP contribution in [0.3, 0.4) is 0 Å². The van der Waals surface area contributed by atoms with Crippen LogP contribution in [0.2, 0.25) is 0 Å². The molecule has 8 nitrogen and oxygen atoms in total. The zero-order chi connectivity index (χ0) is 16.4. The van der Waals surface area contributed by atoms with Gasteiger partial charge in [0.15, 0.2) is 11.5 Å². The molecule has 3 aromatic rings. The summed E-state index contributed by atoms with van der Waals surface area (Å²) >= 11 is 0. The molecule has 0 saturated heterocycles. The highest BCUT2D eigenvalue weighted by Crippen LogP contribution is 2.21. The largest absolute Gasteiger partial charge is 0.364 e. The van der Waals surface area contributed by atoms with Crippen LogP contribution in [0.5, 0.6) is 6.01 Å². The molecule has 10 heteroatoms. The van der Waals surface area contributed by atoms with Crippen molar-refractivity contribution >= 4 is 27.1 Å². The molecule has 0 atom stereocenters. The maximum absolute atomic E-state index is 12.9. The minimum absolute atomic E-state index is 0.264. The Balaban J connectivity index is 1.89. The lowest BCUT2D eigenvalue weighted by Gasteiger charge is -2.08. The van der Waals surface area contributed by atoms with Crippen molar-refractivity contribution in [2.45, 2.75) is 6.54 Å². The quantitative estimate of drug-likeness (QED) is 0.678. The number of nitrogens with zero attached hydrogens (tertiary/aromatic N) is 3. The Labute approximate surface area is 130 Å². The van der Waals surface area contributed by atoms with Gasteiger partial charge >= 0.3 is 16.1 Å². The Morgan fingerprint density at radius 2 is 2.00 bits per heavy atom. The predicted octanol–water partition coefficient (Wildman–Crippen LogP) is 1.44. The van der Waals surface area contributed by atoms with Gasteiger partial charge in [-0.2, -0.15) is 18.4 Å². The molecule has 3 rings (SSSR count). The highest BCUT2D eigenvalue weighted by molar-refractivity contribution is 7.86. The lowest BCUT2D eigenvalue weighted by atomic mass is 10.2. The number of hydrogen-bond acceptors (Lipinski definition) is 7. The first-order chi connectivity index (χ1) is 10.9. The van der Waals surface area contributed by atoms with Gasteiger partial charge in [-0.1, -0.05) is 12.1 Å². The van der Waals surface area contributed by atoms with Crippen LogP contribution in [0.25, 0.3) is 11.2 Å². The monoisotopic (exact) mass is 337 g/mol. The fraction of sp³-hybridized carbons (Fsp3) is 0.154. The second-order valence-corrected chi connectivity index (χ2v) is 6.30. The zero-order valence-corrected chi connectivity index (χ0v) is 12.8. The Morgan fingerprint density at radius 1 is 1.26 bits per heavy atom. The normalized spacial score (nSPS) is 11.6. The van der Waals surface area contributed by atoms with Crippen molar-refractivity contribution in [3.8, 4) is 6.01 Å². The molecule has 0 unspecified atom stereocenters. The summed E-state index contributed by atoms with van der Waals surface area (Å²) < 4.78 is 40.0. The second-order valence-electron chi connectivity index (χ2n) is 4.72. The number of rotatable bonds is 5. The fourth-order valence-corrected chi connectivity index (χ4v) is 2.25. The summed E-state index contributed by atoms with van der Waals surface area (Å²) in [4.78, 5) is 14.8. The number of aromatic amines is 1. The van der Waals surface area contributed by atoms with Gasteiger partial charge in [0.05, 0.1) is 12.6 Å². The second kappa shape index (κ2) is 5.80. The average molecular weight is 337 g/mol. The van der Waals surface area contributed by atoms with E-state index in [0.717, 1.165) is 11.8 Å². The molecule has 23 heavy (non-hydrogen) atoms. The molecule has 0 aliphatic heterocycles. The standard InChI is InChI=1S/C13H12FN5O3S/c1-23(20,21)22-13-18-11(10-12(19-13)17-7-16-10)15-6-8-2-4-9(14)5-3-8/h2-5,7H,6H2,1H3,(H2,15,16,17,18,19). The number of nitrogens with one attached hydrogen (secondary N) is 2. The van der Waals surface area contributed by atoms with Crippen molar-refractivity contribution in [1.29, 1.82) is 0 Å². The van der Waals surface area contributed by atoms with Crippen molar-refractivity contribution in [1.82, 2.24) is 19.9 Å². The van der Waals surface area contributed by atoms with E-state index in [2.05, 4.69) is 25.3 Å². The molecule has 0 aliphatic carbocycles. The van der Waals surface area contributed by atoms with E-state index in [9.17, 15) is 12.8 Å². The van der Waals surface area contributed by atoms with E-state index in [1.807, 2.05) is 0 Å². The van der Waals surface area contributed by atoms with Gasteiger partial charge in [-0.15, -0.1) is 0 Å². The van der Waals surface area contributed by atoms with Crippen molar-refractivity contribution in [2.24, 2.45) is 0 Å². The SMILES string of the molecule is CS(=O)(=O)Oc1nc(NCc2ccc(F)cc2)c2[nH]cnc2n1. The number of fused-ring (bicyclic) bond motifs is 1. The highest BCUT2D eigenvalue weighted by Gasteiger charge is 2.14. The minimum Gasteiger partial charge on any atom is -0.364 e. The summed E-state index contributed by atoms with van der Waals surface area (Å²) in [5.41, 5.74) is 1.59. The van der Waals surface area contributed by atoms with E-state index >= 15 is 0 Å². The topological polar surface area (TPSA) is 110 Å². The van der Waals surface area contributed by atoms with Crippen molar-refractivity contribution in [3.05, 3.63) is 42.0 Å². The number of H-pyrrole nitrogens is 1. The van der Waals surface area contributed by atoms with E-state index in [1.165, 1.54) is 18.5 Å². The zero-order valence-electron chi connectivity index (χ0n) is 11.9. The van der Waals surface area contributed by atoms with E-state index in [1.54, 1.807) is 12.1 Å². The molecule has 0 amide bonds. The van der Waals surface area contributed by atoms with Crippen LogP contribution in [0.15, 0.2) is 30.6 Å². The Kier molecular flexibility index (Phi) is 3.82.